The zero-order chi connectivity index (χ0) is 10.4. The molecular weight excluding hydrogens is 180 g/mol. The number of nitrogens with one attached hydrogen (secondary N) is 1. The number of amides is 1. The molecule has 2 fully saturated rings. The molecule has 0 aromatic heterocycles. The Morgan fingerprint density at radius 1 is 1.43 bits per heavy atom. The summed E-state index contributed by atoms with van der Waals surface area (Å²) >= 11 is 0. The monoisotopic (exact) mass is 198 g/mol. The van der Waals surface area contributed by atoms with Crippen LogP contribution in [0.4, 0.5) is 4.79 Å². The smallest absolute Gasteiger partial charge is 0.405 e. The fraction of sp³-hybridized carbons (Fsp3) is 0.900. The second kappa shape index (κ2) is 2.86. The molecule has 0 aliphatic heterocycles. The van der Waals surface area contributed by atoms with Gasteiger partial charge in [0.25, 0.3) is 0 Å². The highest BCUT2D eigenvalue weighted by Gasteiger charge is 2.56. The zero-order valence-electron chi connectivity index (χ0n) is 8.55. The van der Waals surface area contributed by atoms with Crippen LogP contribution in [0.1, 0.15) is 39.0 Å². The average molecular weight is 198 g/mol. The summed E-state index contributed by atoms with van der Waals surface area (Å²) in [4.78, 5) is 10.7. The zero-order valence-corrected chi connectivity index (χ0v) is 8.55. The molecule has 2 aliphatic carbocycles. The SMILES string of the molecule is C[C@H](N)C12CCC(NC(=O)O)(CC1)C2. The minimum absolute atomic E-state index is 0.153. The van der Waals surface area contributed by atoms with Crippen LogP contribution in [0, 0.1) is 5.41 Å². The second-order valence-corrected chi connectivity index (χ2v) is 5.04. The van der Waals surface area contributed by atoms with Crippen molar-refractivity contribution in [3.63, 3.8) is 0 Å². The summed E-state index contributed by atoms with van der Waals surface area (Å²) in [7, 11) is 0. The number of hydrogen-bond donors (Lipinski definition) is 3. The molecule has 0 aromatic carbocycles. The van der Waals surface area contributed by atoms with Crippen molar-refractivity contribution in [2.24, 2.45) is 11.1 Å². The molecule has 2 aliphatic rings. The molecule has 0 heterocycles. The van der Waals surface area contributed by atoms with Gasteiger partial charge in [-0.2, -0.15) is 0 Å². The summed E-state index contributed by atoms with van der Waals surface area (Å²) in [6.07, 6.45) is 4.11. The van der Waals surface area contributed by atoms with Crippen LogP contribution < -0.4 is 11.1 Å². The van der Waals surface area contributed by atoms with Crippen LogP contribution in [0.2, 0.25) is 0 Å². The number of nitrogens with two attached hydrogens (primary N) is 1. The molecule has 14 heavy (non-hydrogen) atoms. The molecule has 4 N–H and O–H groups in total. The van der Waals surface area contributed by atoms with E-state index in [-0.39, 0.29) is 17.0 Å². The van der Waals surface area contributed by atoms with E-state index in [0.29, 0.717) is 0 Å². The van der Waals surface area contributed by atoms with Crippen LogP contribution in [-0.4, -0.2) is 22.8 Å². The quantitative estimate of drug-likeness (QED) is 0.626. The third-order valence-corrected chi connectivity index (χ3v) is 4.23. The summed E-state index contributed by atoms with van der Waals surface area (Å²) in [6.45, 7) is 2.04. The van der Waals surface area contributed by atoms with Gasteiger partial charge >= 0.3 is 6.09 Å². The molecule has 0 radical (unpaired) electrons. The Morgan fingerprint density at radius 3 is 2.36 bits per heavy atom. The van der Waals surface area contributed by atoms with E-state index < -0.39 is 6.09 Å². The van der Waals surface area contributed by atoms with Crippen molar-refractivity contribution in [2.75, 3.05) is 0 Å². The molecule has 2 saturated carbocycles. The molecule has 0 saturated heterocycles. The molecule has 2 bridgehead atoms. The van der Waals surface area contributed by atoms with Gasteiger partial charge in [0.05, 0.1) is 0 Å². The number of carboxylic acid groups (broad SMARTS) is 1. The van der Waals surface area contributed by atoms with Crippen LogP contribution in [0.5, 0.6) is 0 Å². The maximum absolute atomic E-state index is 10.7. The summed E-state index contributed by atoms with van der Waals surface area (Å²) < 4.78 is 0. The Morgan fingerprint density at radius 2 is 2.00 bits per heavy atom. The number of carbonyl (C=O) groups is 1. The first kappa shape index (κ1) is 9.77. The topological polar surface area (TPSA) is 75.3 Å². The lowest BCUT2D eigenvalue weighted by molar-refractivity contribution is 0.177. The summed E-state index contributed by atoms with van der Waals surface area (Å²) in [5.74, 6) is 0. The van der Waals surface area contributed by atoms with Crippen LogP contribution >= 0.6 is 0 Å². The molecule has 0 aromatic rings. The maximum atomic E-state index is 10.7. The number of hydrogen-bond acceptors (Lipinski definition) is 2. The highest BCUT2D eigenvalue weighted by Crippen LogP contribution is 2.57. The highest BCUT2D eigenvalue weighted by atomic mass is 16.4. The molecule has 0 spiro atoms. The average Bonchev–Trinajstić information content (AvgIpc) is 2.58. The first-order valence-corrected chi connectivity index (χ1v) is 5.25. The van der Waals surface area contributed by atoms with Gasteiger partial charge in [0, 0.05) is 11.6 Å². The van der Waals surface area contributed by atoms with Gasteiger partial charge in [-0.05, 0) is 44.4 Å². The Kier molecular flexibility index (Phi) is 2.00. The molecule has 4 nitrogen and oxygen atoms in total. The third-order valence-electron chi connectivity index (χ3n) is 4.23. The molecule has 80 valence electrons. The minimum atomic E-state index is -0.896. The number of rotatable bonds is 2. The van der Waals surface area contributed by atoms with Crippen molar-refractivity contribution in [3.8, 4) is 0 Å². The van der Waals surface area contributed by atoms with Gasteiger partial charge in [-0.1, -0.05) is 0 Å². The Bertz CT molecular complexity index is 255. The van der Waals surface area contributed by atoms with E-state index >= 15 is 0 Å². The van der Waals surface area contributed by atoms with E-state index in [4.69, 9.17) is 10.8 Å². The Balaban J connectivity index is 2.12. The van der Waals surface area contributed by atoms with Crippen LogP contribution in [0.3, 0.4) is 0 Å². The van der Waals surface area contributed by atoms with Crippen LogP contribution in [0.25, 0.3) is 0 Å². The standard InChI is InChI=1S/C10H18N2O2/c1-7(11)9-2-4-10(6-9,5-3-9)12-8(13)14/h7,12H,2-6,11H2,1H3,(H,13,14)/t7-,9?,10?/m0/s1. The van der Waals surface area contributed by atoms with Crippen molar-refractivity contribution < 1.29 is 9.90 Å². The van der Waals surface area contributed by atoms with E-state index in [1.54, 1.807) is 0 Å². The van der Waals surface area contributed by atoms with E-state index in [0.717, 1.165) is 32.1 Å². The molecule has 1 atom stereocenters. The normalized spacial score (nSPS) is 42.4. The first-order chi connectivity index (χ1) is 6.48. The highest BCUT2D eigenvalue weighted by molar-refractivity contribution is 5.66. The fourth-order valence-electron chi connectivity index (χ4n) is 3.27. The molecule has 4 heteroatoms. The van der Waals surface area contributed by atoms with Crippen molar-refractivity contribution in [1.82, 2.24) is 5.32 Å². The van der Waals surface area contributed by atoms with Gasteiger partial charge < -0.3 is 16.2 Å². The lowest BCUT2D eigenvalue weighted by Crippen LogP contribution is -2.44. The van der Waals surface area contributed by atoms with Crippen molar-refractivity contribution in [2.45, 2.75) is 50.6 Å². The Labute approximate surface area is 83.9 Å². The third kappa shape index (κ3) is 1.29. The predicted molar refractivity (Wildman–Crippen MR) is 53.1 cm³/mol. The predicted octanol–water partition coefficient (Wildman–Crippen LogP) is 1.30. The minimum Gasteiger partial charge on any atom is -0.465 e. The van der Waals surface area contributed by atoms with Gasteiger partial charge in [0.2, 0.25) is 0 Å². The van der Waals surface area contributed by atoms with E-state index in [9.17, 15) is 4.79 Å². The molecule has 1 amide bonds. The maximum Gasteiger partial charge on any atom is 0.405 e. The second-order valence-electron chi connectivity index (χ2n) is 5.04. The van der Waals surface area contributed by atoms with Crippen molar-refractivity contribution in [3.05, 3.63) is 0 Å². The number of fused-ring (bicyclic) bond motifs is 2. The summed E-state index contributed by atoms with van der Waals surface area (Å²) in [5.41, 5.74) is 6.04. The van der Waals surface area contributed by atoms with E-state index in [1.165, 1.54) is 0 Å². The van der Waals surface area contributed by atoms with Crippen LogP contribution in [-0.2, 0) is 0 Å². The van der Waals surface area contributed by atoms with Gasteiger partial charge in [-0.3, -0.25) is 0 Å². The van der Waals surface area contributed by atoms with Gasteiger partial charge in [-0.25, -0.2) is 4.79 Å². The van der Waals surface area contributed by atoms with Crippen LogP contribution in [0.15, 0.2) is 0 Å². The van der Waals surface area contributed by atoms with E-state index in [2.05, 4.69) is 5.32 Å². The summed E-state index contributed by atoms with van der Waals surface area (Å²) in [6, 6.07) is 0.183. The lowest BCUT2D eigenvalue weighted by Gasteiger charge is -2.30. The molecule has 2 rings (SSSR count). The van der Waals surface area contributed by atoms with E-state index in [1.807, 2.05) is 6.92 Å². The molecule has 0 unspecified atom stereocenters. The largest absolute Gasteiger partial charge is 0.465 e. The fourth-order valence-corrected chi connectivity index (χ4v) is 3.27. The van der Waals surface area contributed by atoms with Gasteiger partial charge in [0.15, 0.2) is 0 Å². The Hall–Kier alpha value is -0.770. The van der Waals surface area contributed by atoms with Gasteiger partial charge in [0.1, 0.15) is 0 Å². The summed E-state index contributed by atoms with van der Waals surface area (Å²) in [5, 5.41) is 11.5. The lowest BCUT2D eigenvalue weighted by atomic mass is 9.78. The van der Waals surface area contributed by atoms with Crippen molar-refractivity contribution >= 4 is 6.09 Å². The van der Waals surface area contributed by atoms with Gasteiger partial charge in [-0.15, -0.1) is 0 Å². The molecular formula is C10H18N2O2. The first-order valence-electron chi connectivity index (χ1n) is 5.25. The van der Waals surface area contributed by atoms with Crippen molar-refractivity contribution in [1.29, 1.82) is 0 Å².